The molecule has 0 aliphatic heterocycles. The summed E-state index contributed by atoms with van der Waals surface area (Å²) in [4.78, 5) is 0. The first-order valence-corrected chi connectivity index (χ1v) is 5.17. The predicted octanol–water partition coefficient (Wildman–Crippen LogP) is 2.66. The third-order valence-electron chi connectivity index (χ3n) is 2.29. The van der Waals surface area contributed by atoms with Crippen molar-refractivity contribution in [2.24, 2.45) is 5.41 Å². The highest BCUT2D eigenvalue weighted by Gasteiger charge is 2.13. The van der Waals surface area contributed by atoms with E-state index in [1.54, 1.807) is 0 Å². The lowest BCUT2D eigenvalue weighted by molar-refractivity contribution is 0.331. The van der Waals surface area contributed by atoms with Crippen LogP contribution >= 0.6 is 0 Å². The van der Waals surface area contributed by atoms with Crippen molar-refractivity contribution in [1.29, 1.82) is 0 Å². The van der Waals surface area contributed by atoms with E-state index < -0.39 is 0 Å². The molecule has 0 unspecified atom stereocenters. The molecule has 0 spiro atoms. The Morgan fingerprint density at radius 1 is 1.33 bits per heavy atom. The minimum atomic E-state index is 0.226. The quantitative estimate of drug-likeness (QED) is 0.724. The van der Waals surface area contributed by atoms with Crippen molar-refractivity contribution in [3.05, 3.63) is 24.4 Å². The molecule has 80 valence electrons. The maximum atomic E-state index is 5.77. The molecular weight excluding hydrogens is 186 g/mol. The first-order valence-electron chi connectivity index (χ1n) is 5.17. The maximum absolute atomic E-state index is 5.77. The molecule has 0 fully saturated rings. The van der Waals surface area contributed by atoms with Crippen molar-refractivity contribution < 1.29 is 0 Å². The molecule has 0 aliphatic carbocycles. The standard InChI is InChI=1S/C12H17N3/c1-12(2,3)8-15-11-6-10(13)5-4-9(11)7-14-15/h4-7H,8,13H2,1-3H3. The summed E-state index contributed by atoms with van der Waals surface area (Å²) in [6.45, 7) is 7.51. The molecule has 1 heterocycles. The highest BCUT2D eigenvalue weighted by Crippen LogP contribution is 2.22. The topological polar surface area (TPSA) is 43.8 Å². The summed E-state index contributed by atoms with van der Waals surface area (Å²) in [7, 11) is 0. The van der Waals surface area contributed by atoms with E-state index in [9.17, 15) is 0 Å². The van der Waals surface area contributed by atoms with E-state index in [2.05, 4.69) is 25.9 Å². The number of anilines is 1. The van der Waals surface area contributed by atoms with E-state index in [0.717, 1.165) is 23.1 Å². The third kappa shape index (κ3) is 2.12. The Bertz CT molecular complexity index is 477. The normalized spacial score (nSPS) is 12.2. The smallest absolute Gasteiger partial charge is 0.0703 e. The van der Waals surface area contributed by atoms with E-state index in [-0.39, 0.29) is 5.41 Å². The molecule has 2 rings (SSSR count). The van der Waals surface area contributed by atoms with Gasteiger partial charge in [-0.3, -0.25) is 4.68 Å². The highest BCUT2D eigenvalue weighted by molar-refractivity contribution is 5.81. The second-order valence-electron chi connectivity index (χ2n) is 5.18. The number of nitrogens with two attached hydrogens (primary N) is 1. The van der Waals surface area contributed by atoms with Crippen LogP contribution in [0.15, 0.2) is 24.4 Å². The first kappa shape index (κ1) is 10.0. The SMILES string of the molecule is CC(C)(C)Cn1ncc2ccc(N)cc21. The zero-order valence-corrected chi connectivity index (χ0v) is 9.49. The Morgan fingerprint density at radius 3 is 2.73 bits per heavy atom. The van der Waals surface area contributed by atoms with Crippen LogP contribution in [-0.2, 0) is 6.54 Å². The third-order valence-corrected chi connectivity index (χ3v) is 2.29. The number of hydrogen-bond acceptors (Lipinski definition) is 2. The summed E-state index contributed by atoms with van der Waals surface area (Å²) in [5.74, 6) is 0. The maximum Gasteiger partial charge on any atom is 0.0703 e. The predicted molar refractivity (Wildman–Crippen MR) is 63.6 cm³/mol. The van der Waals surface area contributed by atoms with Gasteiger partial charge in [0.15, 0.2) is 0 Å². The van der Waals surface area contributed by atoms with Gasteiger partial charge in [0.05, 0.1) is 11.7 Å². The van der Waals surface area contributed by atoms with Crippen molar-refractivity contribution in [3.8, 4) is 0 Å². The molecule has 3 nitrogen and oxygen atoms in total. The summed E-state index contributed by atoms with van der Waals surface area (Å²) in [5, 5.41) is 5.53. The Labute approximate surface area is 89.9 Å². The lowest BCUT2D eigenvalue weighted by atomic mass is 9.97. The van der Waals surface area contributed by atoms with Gasteiger partial charge in [-0.15, -0.1) is 0 Å². The molecule has 0 radical (unpaired) electrons. The van der Waals surface area contributed by atoms with Crippen LogP contribution in [0.3, 0.4) is 0 Å². The van der Waals surface area contributed by atoms with Crippen LogP contribution in [0.5, 0.6) is 0 Å². The van der Waals surface area contributed by atoms with Gasteiger partial charge in [-0.05, 0) is 23.6 Å². The molecule has 0 aliphatic rings. The van der Waals surface area contributed by atoms with Crippen LogP contribution in [0, 0.1) is 5.41 Å². The Kier molecular flexibility index (Phi) is 2.18. The zero-order chi connectivity index (χ0) is 11.1. The number of nitrogen functional groups attached to an aromatic ring is 1. The van der Waals surface area contributed by atoms with Gasteiger partial charge < -0.3 is 5.73 Å². The summed E-state index contributed by atoms with van der Waals surface area (Å²) in [5.41, 5.74) is 7.91. The van der Waals surface area contributed by atoms with Gasteiger partial charge in [0.1, 0.15) is 0 Å². The Morgan fingerprint density at radius 2 is 2.07 bits per heavy atom. The number of benzene rings is 1. The highest BCUT2D eigenvalue weighted by atomic mass is 15.3. The van der Waals surface area contributed by atoms with Gasteiger partial charge in [-0.2, -0.15) is 5.10 Å². The fraction of sp³-hybridized carbons (Fsp3) is 0.417. The molecule has 2 aromatic rings. The van der Waals surface area contributed by atoms with E-state index in [1.165, 1.54) is 0 Å². The summed E-state index contributed by atoms with van der Waals surface area (Å²) < 4.78 is 2.02. The molecule has 0 bridgehead atoms. The van der Waals surface area contributed by atoms with Crippen molar-refractivity contribution in [2.45, 2.75) is 27.3 Å². The molecule has 1 aromatic heterocycles. The van der Waals surface area contributed by atoms with Crippen LogP contribution in [0.1, 0.15) is 20.8 Å². The van der Waals surface area contributed by atoms with Crippen LogP contribution in [0.2, 0.25) is 0 Å². The van der Waals surface area contributed by atoms with Crippen LogP contribution in [-0.4, -0.2) is 9.78 Å². The average Bonchev–Trinajstić information content (AvgIpc) is 2.46. The molecular formula is C12H17N3. The molecule has 0 saturated carbocycles. The largest absolute Gasteiger partial charge is 0.399 e. The van der Waals surface area contributed by atoms with Crippen molar-refractivity contribution in [2.75, 3.05) is 5.73 Å². The van der Waals surface area contributed by atoms with Gasteiger partial charge in [0, 0.05) is 17.6 Å². The molecule has 15 heavy (non-hydrogen) atoms. The molecule has 2 N–H and O–H groups in total. The molecule has 0 atom stereocenters. The molecule has 1 aromatic carbocycles. The molecule has 0 amide bonds. The summed E-state index contributed by atoms with van der Waals surface area (Å²) in [6.07, 6.45) is 1.89. The van der Waals surface area contributed by atoms with E-state index in [1.807, 2.05) is 29.1 Å². The summed E-state index contributed by atoms with van der Waals surface area (Å²) in [6, 6.07) is 5.90. The zero-order valence-electron chi connectivity index (χ0n) is 9.49. The molecule has 0 saturated heterocycles. The van der Waals surface area contributed by atoms with Crippen LogP contribution in [0.4, 0.5) is 5.69 Å². The number of rotatable bonds is 1. The van der Waals surface area contributed by atoms with E-state index in [0.29, 0.717) is 0 Å². The summed E-state index contributed by atoms with van der Waals surface area (Å²) >= 11 is 0. The van der Waals surface area contributed by atoms with Crippen molar-refractivity contribution >= 4 is 16.6 Å². The van der Waals surface area contributed by atoms with Gasteiger partial charge >= 0.3 is 0 Å². The van der Waals surface area contributed by atoms with Gasteiger partial charge in [-0.25, -0.2) is 0 Å². The number of aromatic nitrogens is 2. The minimum Gasteiger partial charge on any atom is -0.399 e. The Hall–Kier alpha value is -1.51. The number of nitrogens with zero attached hydrogens (tertiary/aromatic N) is 2. The van der Waals surface area contributed by atoms with Crippen molar-refractivity contribution in [3.63, 3.8) is 0 Å². The van der Waals surface area contributed by atoms with Gasteiger partial charge in [0.2, 0.25) is 0 Å². The Balaban J connectivity index is 2.48. The fourth-order valence-electron chi connectivity index (χ4n) is 1.66. The lowest BCUT2D eigenvalue weighted by Gasteiger charge is -2.18. The second-order valence-corrected chi connectivity index (χ2v) is 5.18. The molecule has 3 heteroatoms. The monoisotopic (exact) mass is 203 g/mol. The van der Waals surface area contributed by atoms with Crippen molar-refractivity contribution in [1.82, 2.24) is 9.78 Å². The average molecular weight is 203 g/mol. The fourth-order valence-corrected chi connectivity index (χ4v) is 1.66. The van der Waals surface area contributed by atoms with Gasteiger partial charge in [0.25, 0.3) is 0 Å². The van der Waals surface area contributed by atoms with E-state index >= 15 is 0 Å². The lowest BCUT2D eigenvalue weighted by Crippen LogP contribution is -2.16. The minimum absolute atomic E-state index is 0.226. The second kappa shape index (κ2) is 3.26. The van der Waals surface area contributed by atoms with Gasteiger partial charge in [-0.1, -0.05) is 20.8 Å². The van der Waals surface area contributed by atoms with Crippen LogP contribution in [0.25, 0.3) is 10.9 Å². The van der Waals surface area contributed by atoms with E-state index in [4.69, 9.17) is 5.73 Å². The van der Waals surface area contributed by atoms with Crippen LogP contribution < -0.4 is 5.73 Å². The first-order chi connectivity index (χ1) is 6.96. The number of hydrogen-bond donors (Lipinski definition) is 1. The number of fused-ring (bicyclic) bond motifs is 1.